The molecule has 0 saturated heterocycles. The fraction of sp³-hybridized carbons (Fsp3) is 0.200. The minimum absolute atomic E-state index is 0.359. The van der Waals surface area contributed by atoms with Crippen LogP contribution in [-0.4, -0.2) is 16.1 Å². The first-order valence-corrected chi connectivity index (χ1v) is 6.04. The Labute approximate surface area is 110 Å². The molecule has 0 fully saturated rings. The van der Waals surface area contributed by atoms with Gasteiger partial charge < -0.3 is 5.11 Å². The van der Waals surface area contributed by atoms with Crippen LogP contribution in [0.15, 0.2) is 48.8 Å². The van der Waals surface area contributed by atoms with Gasteiger partial charge in [-0.3, -0.25) is 9.78 Å². The molecule has 1 N–H and O–H groups in total. The molecule has 4 heteroatoms. The molecule has 2 aromatic rings. The highest BCUT2D eigenvalue weighted by atomic mass is 19.1. The minimum atomic E-state index is -0.888. The Bertz CT molecular complexity index is 540. The molecule has 98 valence electrons. The Morgan fingerprint density at radius 3 is 2.37 bits per heavy atom. The van der Waals surface area contributed by atoms with E-state index in [1.165, 1.54) is 24.3 Å². The molecule has 1 unspecified atom stereocenters. The minimum Gasteiger partial charge on any atom is -0.481 e. The molecule has 0 amide bonds. The lowest BCUT2D eigenvalue weighted by atomic mass is 9.92. The first-order chi connectivity index (χ1) is 9.16. The average Bonchev–Trinajstić information content (AvgIpc) is 2.42. The summed E-state index contributed by atoms with van der Waals surface area (Å²) in [6.07, 6.45) is 4.49. The number of rotatable bonds is 5. The van der Waals surface area contributed by atoms with E-state index >= 15 is 0 Å². The Hall–Kier alpha value is -2.23. The zero-order valence-corrected chi connectivity index (χ0v) is 10.3. The fourth-order valence-corrected chi connectivity index (χ4v) is 1.99. The normalized spacial score (nSPS) is 12.1. The summed E-state index contributed by atoms with van der Waals surface area (Å²) in [5, 5.41) is 9.27. The van der Waals surface area contributed by atoms with Crippen LogP contribution >= 0.6 is 0 Å². The smallest absolute Gasteiger partial charge is 0.310 e. The highest BCUT2D eigenvalue weighted by Crippen LogP contribution is 2.22. The van der Waals surface area contributed by atoms with Gasteiger partial charge >= 0.3 is 5.97 Å². The van der Waals surface area contributed by atoms with Crippen molar-refractivity contribution in [3.8, 4) is 0 Å². The van der Waals surface area contributed by atoms with Gasteiger partial charge in [0, 0.05) is 12.4 Å². The SMILES string of the molecule is O=C(O)C(CCc1ccncc1)c1ccc(F)cc1. The number of aromatic nitrogens is 1. The zero-order valence-electron chi connectivity index (χ0n) is 10.3. The molecule has 0 saturated carbocycles. The van der Waals surface area contributed by atoms with Crippen molar-refractivity contribution in [2.45, 2.75) is 18.8 Å². The molecule has 1 atom stereocenters. The van der Waals surface area contributed by atoms with E-state index in [9.17, 15) is 14.3 Å². The van der Waals surface area contributed by atoms with E-state index in [2.05, 4.69) is 4.98 Å². The number of aryl methyl sites for hydroxylation is 1. The molecule has 0 aliphatic carbocycles. The van der Waals surface area contributed by atoms with Gasteiger partial charge in [0.05, 0.1) is 5.92 Å². The van der Waals surface area contributed by atoms with Gasteiger partial charge in [0.1, 0.15) is 5.82 Å². The molecule has 0 spiro atoms. The highest BCUT2D eigenvalue weighted by Gasteiger charge is 2.19. The van der Waals surface area contributed by atoms with Crippen molar-refractivity contribution >= 4 is 5.97 Å². The molecule has 19 heavy (non-hydrogen) atoms. The molecular weight excluding hydrogens is 245 g/mol. The molecule has 1 aromatic carbocycles. The lowest BCUT2D eigenvalue weighted by molar-refractivity contribution is -0.138. The Balaban J connectivity index is 2.09. The summed E-state index contributed by atoms with van der Waals surface area (Å²) in [6, 6.07) is 9.36. The van der Waals surface area contributed by atoms with Crippen LogP contribution < -0.4 is 0 Å². The number of benzene rings is 1. The molecule has 3 nitrogen and oxygen atoms in total. The van der Waals surface area contributed by atoms with Crippen molar-refractivity contribution in [1.82, 2.24) is 4.98 Å². The monoisotopic (exact) mass is 259 g/mol. The largest absolute Gasteiger partial charge is 0.481 e. The van der Waals surface area contributed by atoms with Crippen LogP contribution in [0, 0.1) is 5.82 Å². The summed E-state index contributed by atoms with van der Waals surface area (Å²) >= 11 is 0. The number of nitrogens with zero attached hydrogens (tertiary/aromatic N) is 1. The van der Waals surface area contributed by atoms with E-state index in [0.29, 0.717) is 18.4 Å². The number of hydrogen-bond acceptors (Lipinski definition) is 2. The number of carbonyl (C=O) groups is 1. The van der Waals surface area contributed by atoms with Crippen LogP contribution in [0.3, 0.4) is 0 Å². The van der Waals surface area contributed by atoms with E-state index in [4.69, 9.17) is 0 Å². The molecule has 0 aliphatic rings. The van der Waals surface area contributed by atoms with Gasteiger partial charge in [-0.05, 0) is 48.2 Å². The number of halogens is 1. The number of aliphatic carboxylic acids is 1. The van der Waals surface area contributed by atoms with Crippen molar-refractivity contribution in [2.75, 3.05) is 0 Å². The van der Waals surface area contributed by atoms with Crippen LogP contribution in [0.4, 0.5) is 4.39 Å². The first-order valence-electron chi connectivity index (χ1n) is 6.04. The summed E-state index contributed by atoms with van der Waals surface area (Å²) in [7, 11) is 0. The summed E-state index contributed by atoms with van der Waals surface area (Å²) < 4.78 is 12.8. The molecule has 0 radical (unpaired) electrons. The molecule has 1 heterocycles. The Morgan fingerprint density at radius 1 is 1.16 bits per heavy atom. The Morgan fingerprint density at radius 2 is 1.79 bits per heavy atom. The number of carboxylic acid groups (broad SMARTS) is 1. The first kappa shape index (κ1) is 13.2. The van der Waals surface area contributed by atoms with Crippen molar-refractivity contribution in [2.24, 2.45) is 0 Å². The number of hydrogen-bond donors (Lipinski definition) is 1. The molecular formula is C15H14FNO2. The lowest BCUT2D eigenvalue weighted by Gasteiger charge is -2.12. The van der Waals surface area contributed by atoms with Crippen LogP contribution in [-0.2, 0) is 11.2 Å². The maximum atomic E-state index is 12.8. The van der Waals surface area contributed by atoms with Crippen molar-refractivity contribution in [3.63, 3.8) is 0 Å². The molecule has 0 aliphatic heterocycles. The summed E-state index contributed by atoms with van der Waals surface area (Å²) in [6.45, 7) is 0. The van der Waals surface area contributed by atoms with Crippen LogP contribution in [0.5, 0.6) is 0 Å². The zero-order chi connectivity index (χ0) is 13.7. The summed E-state index contributed by atoms with van der Waals surface area (Å²) in [4.78, 5) is 15.2. The van der Waals surface area contributed by atoms with E-state index in [1.807, 2.05) is 12.1 Å². The number of carboxylic acids is 1. The lowest BCUT2D eigenvalue weighted by Crippen LogP contribution is -2.12. The second-order valence-corrected chi connectivity index (χ2v) is 4.34. The third kappa shape index (κ3) is 3.61. The third-order valence-electron chi connectivity index (χ3n) is 3.04. The quantitative estimate of drug-likeness (QED) is 0.897. The third-order valence-corrected chi connectivity index (χ3v) is 3.04. The van der Waals surface area contributed by atoms with Crippen LogP contribution in [0.25, 0.3) is 0 Å². The number of pyridine rings is 1. The predicted molar refractivity (Wildman–Crippen MR) is 69.3 cm³/mol. The van der Waals surface area contributed by atoms with Crippen molar-refractivity contribution in [1.29, 1.82) is 0 Å². The molecule has 0 bridgehead atoms. The van der Waals surface area contributed by atoms with E-state index in [1.54, 1.807) is 12.4 Å². The fourth-order valence-electron chi connectivity index (χ4n) is 1.99. The molecule has 2 rings (SSSR count). The van der Waals surface area contributed by atoms with Gasteiger partial charge in [0.25, 0.3) is 0 Å². The van der Waals surface area contributed by atoms with E-state index in [-0.39, 0.29) is 5.82 Å². The van der Waals surface area contributed by atoms with E-state index in [0.717, 1.165) is 5.56 Å². The predicted octanol–water partition coefficient (Wildman–Crippen LogP) is 3.02. The van der Waals surface area contributed by atoms with Gasteiger partial charge in [-0.15, -0.1) is 0 Å². The topological polar surface area (TPSA) is 50.2 Å². The standard InChI is InChI=1S/C15H14FNO2/c16-13-4-2-12(3-5-13)14(15(18)19)6-1-11-7-9-17-10-8-11/h2-5,7-10,14H,1,6H2,(H,18,19). The van der Waals surface area contributed by atoms with Crippen molar-refractivity contribution in [3.05, 3.63) is 65.7 Å². The highest BCUT2D eigenvalue weighted by molar-refractivity contribution is 5.76. The van der Waals surface area contributed by atoms with Gasteiger partial charge in [-0.25, -0.2) is 4.39 Å². The average molecular weight is 259 g/mol. The second kappa shape index (κ2) is 6.09. The van der Waals surface area contributed by atoms with Crippen LogP contribution in [0.2, 0.25) is 0 Å². The van der Waals surface area contributed by atoms with Crippen LogP contribution in [0.1, 0.15) is 23.5 Å². The van der Waals surface area contributed by atoms with Gasteiger partial charge in [-0.2, -0.15) is 0 Å². The van der Waals surface area contributed by atoms with Crippen molar-refractivity contribution < 1.29 is 14.3 Å². The second-order valence-electron chi connectivity index (χ2n) is 4.34. The molecule has 1 aromatic heterocycles. The maximum Gasteiger partial charge on any atom is 0.310 e. The summed E-state index contributed by atoms with van der Waals surface area (Å²) in [5.41, 5.74) is 1.67. The maximum absolute atomic E-state index is 12.8. The Kier molecular flexibility index (Phi) is 4.23. The van der Waals surface area contributed by atoms with Gasteiger partial charge in [0.2, 0.25) is 0 Å². The summed E-state index contributed by atoms with van der Waals surface area (Å²) in [5.74, 6) is -1.86. The van der Waals surface area contributed by atoms with Gasteiger partial charge in [-0.1, -0.05) is 12.1 Å². The van der Waals surface area contributed by atoms with Gasteiger partial charge in [0.15, 0.2) is 0 Å². The van der Waals surface area contributed by atoms with E-state index < -0.39 is 11.9 Å².